The zero-order chi connectivity index (χ0) is 11.0. The summed E-state index contributed by atoms with van der Waals surface area (Å²) in [6.07, 6.45) is 1.90. The molecule has 0 N–H and O–H groups in total. The van der Waals surface area contributed by atoms with Crippen LogP contribution in [0.2, 0.25) is 0 Å². The van der Waals surface area contributed by atoms with Gasteiger partial charge in [0.1, 0.15) is 5.69 Å². The van der Waals surface area contributed by atoms with Crippen molar-refractivity contribution in [1.29, 1.82) is 0 Å². The van der Waals surface area contributed by atoms with Crippen LogP contribution < -0.4 is 0 Å². The summed E-state index contributed by atoms with van der Waals surface area (Å²) in [5.74, 6) is 0. The summed E-state index contributed by atoms with van der Waals surface area (Å²) in [7, 11) is 0. The van der Waals surface area contributed by atoms with Crippen LogP contribution >= 0.6 is 15.9 Å². The first-order valence-corrected chi connectivity index (χ1v) is 5.70. The molecule has 4 heteroatoms. The normalized spacial score (nSPS) is 10.8. The lowest BCUT2D eigenvalue weighted by Crippen LogP contribution is -1.85. The molecular weight excluding hydrogens is 266 g/mol. The fourth-order valence-electron chi connectivity index (χ4n) is 1.67. The van der Waals surface area contributed by atoms with Crippen LogP contribution in [0.25, 0.3) is 16.8 Å². The Labute approximate surface area is 101 Å². The van der Waals surface area contributed by atoms with Gasteiger partial charge in [-0.05, 0) is 28.1 Å². The maximum absolute atomic E-state index is 4.20. The van der Waals surface area contributed by atoms with Gasteiger partial charge in [0.25, 0.3) is 0 Å². The highest BCUT2D eigenvalue weighted by molar-refractivity contribution is 9.10. The monoisotopic (exact) mass is 273 g/mol. The van der Waals surface area contributed by atoms with Gasteiger partial charge in [-0.25, -0.2) is 4.52 Å². The highest BCUT2D eigenvalue weighted by Crippen LogP contribution is 2.22. The van der Waals surface area contributed by atoms with Crippen LogP contribution in [-0.2, 0) is 0 Å². The third kappa shape index (κ3) is 1.51. The molecule has 0 aliphatic carbocycles. The summed E-state index contributed by atoms with van der Waals surface area (Å²) in [6, 6.07) is 14.1. The minimum absolute atomic E-state index is 0.910. The summed E-state index contributed by atoms with van der Waals surface area (Å²) in [6.45, 7) is 0. The van der Waals surface area contributed by atoms with Crippen molar-refractivity contribution in [3.8, 4) is 11.3 Å². The molecule has 0 saturated heterocycles. The van der Waals surface area contributed by atoms with Gasteiger partial charge in [-0.2, -0.15) is 0 Å². The molecular formula is C12H8BrN3. The van der Waals surface area contributed by atoms with E-state index >= 15 is 0 Å². The topological polar surface area (TPSA) is 30.2 Å². The Bertz CT molecular complexity index is 631. The van der Waals surface area contributed by atoms with Gasteiger partial charge in [0.2, 0.25) is 0 Å². The average Bonchev–Trinajstić information content (AvgIpc) is 2.73. The zero-order valence-corrected chi connectivity index (χ0v) is 9.92. The molecule has 3 rings (SSSR count). The molecule has 3 nitrogen and oxygen atoms in total. The predicted octanol–water partition coefficient (Wildman–Crippen LogP) is 3.16. The van der Waals surface area contributed by atoms with E-state index in [2.05, 4.69) is 26.2 Å². The molecule has 0 fully saturated rings. The number of aromatic nitrogens is 3. The number of rotatable bonds is 1. The highest BCUT2D eigenvalue weighted by Gasteiger charge is 2.07. The van der Waals surface area contributed by atoms with Crippen molar-refractivity contribution in [2.45, 2.75) is 0 Å². The van der Waals surface area contributed by atoms with Gasteiger partial charge in [-0.1, -0.05) is 35.5 Å². The molecule has 2 heterocycles. The van der Waals surface area contributed by atoms with E-state index in [4.69, 9.17) is 0 Å². The molecule has 0 spiro atoms. The lowest BCUT2D eigenvalue weighted by atomic mass is 10.1. The molecule has 0 bridgehead atoms. The van der Waals surface area contributed by atoms with E-state index in [0.717, 1.165) is 21.2 Å². The van der Waals surface area contributed by atoms with Crippen LogP contribution in [0.15, 0.2) is 53.1 Å². The quantitative estimate of drug-likeness (QED) is 0.682. The number of nitrogens with zero attached hydrogens (tertiary/aromatic N) is 3. The van der Waals surface area contributed by atoms with Gasteiger partial charge in [-0.3, -0.25) is 0 Å². The SMILES string of the molecule is Brc1ccc2c(-c3ccccc3)nnn2c1. The number of benzene rings is 1. The first kappa shape index (κ1) is 9.54. The Balaban J connectivity index is 2.26. The van der Waals surface area contributed by atoms with Gasteiger partial charge in [0, 0.05) is 16.2 Å². The minimum atomic E-state index is 0.910. The Morgan fingerprint density at radius 2 is 1.81 bits per heavy atom. The molecule has 0 saturated carbocycles. The van der Waals surface area contributed by atoms with Gasteiger partial charge in [0.05, 0.1) is 5.52 Å². The fraction of sp³-hybridized carbons (Fsp3) is 0. The second-order valence-electron chi connectivity index (χ2n) is 3.48. The second-order valence-corrected chi connectivity index (χ2v) is 4.40. The molecule has 0 aliphatic rings. The number of hydrogen-bond donors (Lipinski definition) is 0. The lowest BCUT2D eigenvalue weighted by molar-refractivity contribution is 0.854. The Morgan fingerprint density at radius 3 is 2.62 bits per heavy atom. The standard InChI is InChI=1S/C12H8BrN3/c13-10-6-7-11-12(14-15-16(11)8-10)9-4-2-1-3-5-9/h1-8H. The number of pyridine rings is 1. The van der Waals surface area contributed by atoms with E-state index in [1.807, 2.05) is 48.7 Å². The molecule has 2 aromatic heterocycles. The smallest absolute Gasteiger partial charge is 0.120 e. The summed E-state index contributed by atoms with van der Waals surface area (Å²) in [5.41, 5.74) is 3.00. The molecule has 3 aromatic rings. The van der Waals surface area contributed by atoms with E-state index in [1.54, 1.807) is 4.52 Å². The predicted molar refractivity (Wildman–Crippen MR) is 66.1 cm³/mol. The molecule has 0 atom stereocenters. The molecule has 0 aliphatic heterocycles. The summed E-state index contributed by atoms with van der Waals surface area (Å²) < 4.78 is 2.76. The third-order valence-corrected chi connectivity index (χ3v) is 2.89. The fourth-order valence-corrected chi connectivity index (χ4v) is 2.00. The van der Waals surface area contributed by atoms with Gasteiger partial charge < -0.3 is 0 Å². The maximum atomic E-state index is 4.20. The Hall–Kier alpha value is -1.68. The van der Waals surface area contributed by atoms with Crippen molar-refractivity contribution in [2.24, 2.45) is 0 Å². The van der Waals surface area contributed by atoms with Crippen molar-refractivity contribution >= 4 is 21.4 Å². The minimum Gasteiger partial charge on any atom is -0.219 e. The van der Waals surface area contributed by atoms with Crippen molar-refractivity contribution in [3.63, 3.8) is 0 Å². The van der Waals surface area contributed by atoms with Gasteiger partial charge in [0.15, 0.2) is 0 Å². The van der Waals surface area contributed by atoms with Crippen LogP contribution in [0.3, 0.4) is 0 Å². The van der Waals surface area contributed by atoms with Crippen LogP contribution in [0.4, 0.5) is 0 Å². The maximum Gasteiger partial charge on any atom is 0.120 e. The van der Waals surface area contributed by atoms with Crippen molar-refractivity contribution in [3.05, 3.63) is 53.1 Å². The molecule has 16 heavy (non-hydrogen) atoms. The number of halogens is 1. The van der Waals surface area contributed by atoms with E-state index in [1.165, 1.54) is 0 Å². The van der Waals surface area contributed by atoms with E-state index < -0.39 is 0 Å². The van der Waals surface area contributed by atoms with Crippen molar-refractivity contribution < 1.29 is 0 Å². The first-order chi connectivity index (χ1) is 7.84. The Kier molecular flexibility index (Phi) is 2.22. The number of hydrogen-bond acceptors (Lipinski definition) is 2. The third-order valence-electron chi connectivity index (χ3n) is 2.42. The molecule has 78 valence electrons. The summed E-state index contributed by atoms with van der Waals surface area (Å²) >= 11 is 3.41. The Morgan fingerprint density at radius 1 is 1.00 bits per heavy atom. The molecule has 0 radical (unpaired) electrons. The number of fused-ring (bicyclic) bond motifs is 1. The van der Waals surface area contributed by atoms with E-state index in [9.17, 15) is 0 Å². The van der Waals surface area contributed by atoms with E-state index in [-0.39, 0.29) is 0 Å². The first-order valence-electron chi connectivity index (χ1n) is 4.90. The molecule has 0 unspecified atom stereocenters. The van der Waals surface area contributed by atoms with Crippen LogP contribution in [0, 0.1) is 0 Å². The highest BCUT2D eigenvalue weighted by atomic mass is 79.9. The van der Waals surface area contributed by atoms with Crippen LogP contribution in [0.5, 0.6) is 0 Å². The summed E-state index contributed by atoms with van der Waals surface area (Å²) in [4.78, 5) is 0. The second kappa shape index (κ2) is 3.72. The molecule has 1 aromatic carbocycles. The van der Waals surface area contributed by atoms with Gasteiger partial charge >= 0.3 is 0 Å². The summed E-state index contributed by atoms with van der Waals surface area (Å²) in [5, 5.41) is 8.29. The van der Waals surface area contributed by atoms with Crippen molar-refractivity contribution in [2.75, 3.05) is 0 Å². The molecule has 0 amide bonds. The average molecular weight is 274 g/mol. The zero-order valence-electron chi connectivity index (χ0n) is 8.34. The van der Waals surface area contributed by atoms with Crippen LogP contribution in [0.1, 0.15) is 0 Å². The van der Waals surface area contributed by atoms with Crippen molar-refractivity contribution in [1.82, 2.24) is 14.8 Å². The van der Waals surface area contributed by atoms with Gasteiger partial charge in [-0.15, -0.1) is 5.10 Å². The largest absolute Gasteiger partial charge is 0.219 e. The lowest BCUT2D eigenvalue weighted by Gasteiger charge is -1.97. The van der Waals surface area contributed by atoms with E-state index in [0.29, 0.717) is 0 Å². The van der Waals surface area contributed by atoms with Crippen LogP contribution in [-0.4, -0.2) is 14.8 Å².